The molecule has 0 aromatic carbocycles. The first-order chi connectivity index (χ1) is 11.8. The molecule has 2 fully saturated rings. The van der Waals surface area contributed by atoms with Gasteiger partial charge in [0.1, 0.15) is 11.1 Å². The van der Waals surface area contributed by atoms with Crippen molar-refractivity contribution in [2.75, 3.05) is 19.6 Å². The number of hydrogen-bond donors (Lipinski definition) is 2. The predicted molar refractivity (Wildman–Crippen MR) is 93.5 cm³/mol. The zero-order valence-corrected chi connectivity index (χ0v) is 15.3. The summed E-state index contributed by atoms with van der Waals surface area (Å²) >= 11 is 1.34. The molecule has 0 aliphatic carbocycles. The first-order valence-corrected chi connectivity index (χ1v) is 9.32. The molecule has 1 aromatic heterocycles. The highest BCUT2D eigenvalue weighted by Crippen LogP contribution is 2.30. The van der Waals surface area contributed by atoms with Crippen molar-refractivity contribution >= 4 is 29.2 Å². The van der Waals surface area contributed by atoms with Crippen LogP contribution >= 0.6 is 11.3 Å². The molecular formula is C17H23N3O4S. The summed E-state index contributed by atoms with van der Waals surface area (Å²) < 4.78 is 5.44. The van der Waals surface area contributed by atoms with Crippen molar-refractivity contribution in [3.8, 4) is 0 Å². The van der Waals surface area contributed by atoms with E-state index in [9.17, 15) is 14.4 Å². The lowest BCUT2D eigenvalue weighted by atomic mass is 9.95. The standard InChI is InChI=1S/C17H23N3O4S/c1-16(2,19-13(21)12-5-3-10-25-12)14(22)20-8-4-6-17(7-9-20)11-18-15(23)24-17/h3,5,10H,4,6-9,11H2,1-2H3,(H,18,23)(H,19,21)/t17-/m0/s1. The third kappa shape index (κ3) is 3.78. The fourth-order valence-electron chi connectivity index (χ4n) is 3.35. The average Bonchev–Trinajstić information content (AvgIpc) is 3.15. The fraction of sp³-hybridized carbons (Fsp3) is 0.588. The summed E-state index contributed by atoms with van der Waals surface area (Å²) in [7, 11) is 0. The molecule has 0 bridgehead atoms. The van der Waals surface area contributed by atoms with Crippen LogP contribution in [0.15, 0.2) is 17.5 Å². The third-order valence-corrected chi connectivity index (χ3v) is 5.62. The number of thiophene rings is 1. The van der Waals surface area contributed by atoms with E-state index in [0.717, 1.165) is 12.8 Å². The Morgan fingerprint density at radius 1 is 1.36 bits per heavy atom. The molecule has 2 aliphatic heterocycles. The van der Waals surface area contributed by atoms with Gasteiger partial charge in [0, 0.05) is 19.5 Å². The zero-order chi connectivity index (χ0) is 18.1. The first kappa shape index (κ1) is 17.7. The van der Waals surface area contributed by atoms with Gasteiger partial charge in [0.15, 0.2) is 0 Å². The summed E-state index contributed by atoms with van der Waals surface area (Å²) in [6, 6.07) is 3.54. The van der Waals surface area contributed by atoms with Gasteiger partial charge in [0.05, 0.1) is 11.4 Å². The second-order valence-electron chi connectivity index (χ2n) is 7.13. The summed E-state index contributed by atoms with van der Waals surface area (Å²) in [5, 5.41) is 7.36. The lowest BCUT2D eigenvalue weighted by Gasteiger charge is -2.32. The minimum Gasteiger partial charge on any atom is -0.441 e. The SMILES string of the molecule is CC(C)(NC(=O)c1cccs1)C(=O)N1CCC[C@]2(CC1)CNC(=O)O2. The fourth-order valence-corrected chi connectivity index (χ4v) is 3.97. The van der Waals surface area contributed by atoms with Crippen molar-refractivity contribution in [2.45, 2.75) is 44.2 Å². The maximum Gasteiger partial charge on any atom is 0.407 e. The quantitative estimate of drug-likeness (QED) is 0.854. The predicted octanol–water partition coefficient (Wildman–Crippen LogP) is 1.75. The molecule has 0 saturated carbocycles. The van der Waals surface area contributed by atoms with Crippen molar-refractivity contribution < 1.29 is 19.1 Å². The summed E-state index contributed by atoms with van der Waals surface area (Å²) in [6.07, 6.45) is 1.71. The molecule has 7 nitrogen and oxygen atoms in total. The summed E-state index contributed by atoms with van der Waals surface area (Å²) in [4.78, 5) is 38.9. The number of rotatable bonds is 3. The second-order valence-corrected chi connectivity index (χ2v) is 8.08. The Hall–Kier alpha value is -2.09. The van der Waals surface area contributed by atoms with Crippen LogP contribution in [0, 0.1) is 0 Å². The van der Waals surface area contributed by atoms with Crippen molar-refractivity contribution in [3.05, 3.63) is 22.4 Å². The van der Waals surface area contributed by atoms with Gasteiger partial charge in [-0.2, -0.15) is 0 Å². The highest BCUT2D eigenvalue weighted by atomic mass is 32.1. The van der Waals surface area contributed by atoms with Crippen molar-refractivity contribution in [1.29, 1.82) is 0 Å². The molecule has 2 saturated heterocycles. The van der Waals surface area contributed by atoms with E-state index in [2.05, 4.69) is 10.6 Å². The van der Waals surface area contributed by atoms with Crippen LogP contribution in [-0.4, -0.2) is 53.6 Å². The van der Waals surface area contributed by atoms with Gasteiger partial charge >= 0.3 is 6.09 Å². The largest absolute Gasteiger partial charge is 0.441 e. The van der Waals surface area contributed by atoms with Gasteiger partial charge in [-0.3, -0.25) is 9.59 Å². The van der Waals surface area contributed by atoms with Crippen LogP contribution in [-0.2, 0) is 9.53 Å². The molecule has 3 heterocycles. The minimum absolute atomic E-state index is 0.119. The lowest BCUT2D eigenvalue weighted by molar-refractivity contribution is -0.136. The van der Waals surface area contributed by atoms with Crippen LogP contribution in [0.1, 0.15) is 42.8 Å². The number of likely N-dealkylation sites (tertiary alicyclic amines) is 1. The Morgan fingerprint density at radius 2 is 2.16 bits per heavy atom. The Labute approximate surface area is 150 Å². The summed E-state index contributed by atoms with van der Waals surface area (Å²) in [5.41, 5.74) is -1.50. The highest BCUT2D eigenvalue weighted by molar-refractivity contribution is 7.12. The van der Waals surface area contributed by atoms with E-state index in [1.54, 1.807) is 30.9 Å². The molecule has 0 unspecified atom stereocenters. The molecular weight excluding hydrogens is 342 g/mol. The van der Waals surface area contributed by atoms with Gasteiger partial charge < -0.3 is 20.3 Å². The van der Waals surface area contributed by atoms with Crippen molar-refractivity contribution in [2.24, 2.45) is 0 Å². The summed E-state index contributed by atoms with van der Waals surface area (Å²) in [5.74, 6) is -0.361. The monoisotopic (exact) mass is 365 g/mol. The highest BCUT2D eigenvalue weighted by Gasteiger charge is 2.43. The van der Waals surface area contributed by atoms with E-state index in [4.69, 9.17) is 4.74 Å². The molecule has 1 spiro atoms. The Kier molecular flexibility index (Phi) is 4.73. The van der Waals surface area contributed by atoms with E-state index < -0.39 is 11.1 Å². The zero-order valence-electron chi connectivity index (χ0n) is 14.5. The van der Waals surface area contributed by atoms with Crippen LogP contribution in [0.2, 0.25) is 0 Å². The number of hydrogen-bond acceptors (Lipinski definition) is 5. The molecule has 1 atom stereocenters. The average molecular weight is 365 g/mol. The van der Waals surface area contributed by atoms with E-state index in [-0.39, 0.29) is 17.9 Å². The van der Waals surface area contributed by atoms with E-state index >= 15 is 0 Å². The first-order valence-electron chi connectivity index (χ1n) is 8.44. The number of carbonyl (C=O) groups is 3. The van der Waals surface area contributed by atoms with Gasteiger partial charge in [-0.1, -0.05) is 6.07 Å². The molecule has 2 aliphatic rings. The van der Waals surface area contributed by atoms with Crippen LogP contribution < -0.4 is 10.6 Å². The number of ether oxygens (including phenoxy) is 1. The van der Waals surface area contributed by atoms with E-state index in [0.29, 0.717) is 30.9 Å². The van der Waals surface area contributed by atoms with E-state index in [1.807, 2.05) is 5.38 Å². The molecule has 0 radical (unpaired) electrons. The van der Waals surface area contributed by atoms with Gasteiger partial charge in [-0.05, 0) is 38.1 Å². The second kappa shape index (κ2) is 6.67. The van der Waals surface area contributed by atoms with Gasteiger partial charge in [0.25, 0.3) is 5.91 Å². The van der Waals surface area contributed by atoms with Crippen molar-refractivity contribution in [3.63, 3.8) is 0 Å². The Balaban J connectivity index is 1.63. The lowest BCUT2D eigenvalue weighted by Crippen LogP contribution is -2.56. The number of alkyl carbamates (subject to hydrolysis) is 1. The van der Waals surface area contributed by atoms with Gasteiger partial charge in [-0.25, -0.2) is 4.79 Å². The third-order valence-electron chi connectivity index (χ3n) is 4.75. The van der Waals surface area contributed by atoms with Crippen LogP contribution in [0.3, 0.4) is 0 Å². The number of amides is 3. The van der Waals surface area contributed by atoms with Crippen LogP contribution in [0.4, 0.5) is 4.79 Å². The van der Waals surface area contributed by atoms with Crippen LogP contribution in [0.5, 0.6) is 0 Å². The maximum atomic E-state index is 12.9. The van der Waals surface area contributed by atoms with Gasteiger partial charge in [-0.15, -0.1) is 11.3 Å². The van der Waals surface area contributed by atoms with E-state index in [1.165, 1.54) is 11.3 Å². The minimum atomic E-state index is -0.997. The number of nitrogens with one attached hydrogen (secondary N) is 2. The number of carbonyl (C=O) groups excluding carboxylic acids is 3. The topological polar surface area (TPSA) is 87.7 Å². The molecule has 1 aromatic rings. The number of nitrogens with zero attached hydrogens (tertiary/aromatic N) is 1. The van der Waals surface area contributed by atoms with Crippen LogP contribution in [0.25, 0.3) is 0 Å². The summed E-state index contributed by atoms with van der Waals surface area (Å²) in [6.45, 7) is 5.03. The molecule has 8 heteroatoms. The Morgan fingerprint density at radius 3 is 2.80 bits per heavy atom. The Bertz CT molecular complexity index is 673. The maximum absolute atomic E-state index is 12.9. The molecule has 3 amide bonds. The normalized spacial score (nSPS) is 23.8. The van der Waals surface area contributed by atoms with Crippen molar-refractivity contribution in [1.82, 2.24) is 15.5 Å². The smallest absolute Gasteiger partial charge is 0.407 e. The molecule has 25 heavy (non-hydrogen) atoms. The molecule has 3 rings (SSSR count). The van der Waals surface area contributed by atoms with Gasteiger partial charge in [0.2, 0.25) is 5.91 Å². The molecule has 136 valence electrons. The molecule has 2 N–H and O–H groups in total.